The average Bonchev–Trinajstić information content (AvgIpc) is 3.24. The molecule has 2 aromatic heterocycles. The molecule has 1 N–H and O–H groups in total. The number of hydrogen-bond donors (Lipinski definition) is 1. The lowest BCUT2D eigenvalue weighted by Crippen LogP contribution is -2.26. The Morgan fingerprint density at radius 1 is 1.03 bits per heavy atom. The third kappa shape index (κ3) is 4.51. The lowest BCUT2D eigenvalue weighted by atomic mass is 10.1. The standard InChI is InChI=1S/C24H21F3N2OS/c1-15-6-3-4-8-18(15)14-29-20-10-16(2)31-22(20)12-21(29)23(30)28-13-17-7-5-9-19(11-17)24(25,26)27/h3-12H,13-14H2,1-2H3,(H,28,30). The van der Waals surface area contributed by atoms with Crippen molar-refractivity contribution in [2.24, 2.45) is 0 Å². The van der Waals surface area contributed by atoms with Crippen molar-refractivity contribution in [2.45, 2.75) is 33.1 Å². The number of alkyl halides is 3. The number of benzene rings is 2. The minimum Gasteiger partial charge on any atom is -0.347 e. The summed E-state index contributed by atoms with van der Waals surface area (Å²) in [5.41, 5.74) is 3.39. The lowest BCUT2D eigenvalue weighted by Gasteiger charge is -2.13. The number of fused-ring (bicyclic) bond motifs is 1. The first-order valence-corrected chi connectivity index (χ1v) is 10.6. The minimum atomic E-state index is -4.41. The summed E-state index contributed by atoms with van der Waals surface area (Å²) in [5.74, 6) is -0.313. The van der Waals surface area contributed by atoms with Gasteiger partial charge < -0.3 is 9.88 Å². The van der Waals surface area contributed by atoms with Gasteiger partial charge in [-0.05, 0) is 54.8 Å². The number of aromatic nitrogens is 1. The van der Waals surface area contributed by atoms with E-state index in [4.69, 9.17) is 0 Å². The van der Waals surface area contributed by atoms with Crippen molar-refractivity contribution in [2.75, 3.05) is 0 Å². The molecule has 0 saturated carbocycles. The van der Waals surface area contributed by atoms with Crippen molar-refractivity contribution < 1.29 is 18.0 Å². The van der Waals surface area contributed by atoms with Gasteiger partial charge in [-0.1, -0.05) is 36.4 Å². The Morgan fingerprint density at radius 2 is 1.81 bits per heavy atom. The molecule has 2 heterocycles. The first-order chi connectivity index (χ1) is 14.7. The number of aryl methyl sites for hydroxylation is 2. The highest BCUT2D eigenvalue weighted by Crippen LogP contribution is 2.31. The molecular formula is C24H21F3N2OS. The van der Waals surface area contributed by atoms with Gasteiger partial charge in [0, 0.05) is 18.0 Å². The molecule has 0 bridgehead atoms. The summed E-state index contributed by atoms with van der Waals surface area (Å²) in [6.45, 7) is 4.61. The normalized spacial score (nSPS) is 11.8. The summed E-state index contributed by atoms with van der Waals surface area (Å²) in [7, 11) is 0. The highest BCUT2D eigenvalue weighted by molar-refractivity contribution is 7.19. The van der Waals surface area contributed by atoms with Crippen LogP contribution in [0.4, 0.5) is 13.2 Å². The monoisotopic (exact) mass is 442 g/mol. The molecule has 0 radical (unpaired) electrons. The summed E-state index contributed by atoms with van der Waals surface area (Å²) in [6.07, 6.45) is -4.41. The van der Waals surface area contributed by atoms with Crippen LogP contribution >= 0.6 is 11.3 Å². The molecule has 3 nitrogen and oxygen atoms in total. The number of nitrogens with zero attached hydrogens (tertiary/aromatic N) is 1. The number of rotatable bonds is 5. The second-order valence-corrected chi connectivity index (χ2v) is 8.82. The van der Waals surface area contributed by atoms with Gasteiger partial charge in [0.05, 0.1) is 15.8 Å². The van der Waals surface area contributed by atoms with E-state index >= 15 is 0 Å². The van der Waals surface area contributed by atoms with Crippen molar-refractivity contribution in [3.63, 3.8) is 0 Å². The van der Waals surface area contributed by atoms with Crippen molar-refractivity contribution in [3.05, 3.63) is 93.5 Å². The zero-order chi connectivity index (χ0) is 22.2. The van der Waals surface area contributed by atoms with Crippen molar-refractivity contribution in [3.8, 4) is 0 Å². The Morgan fingerprint density at radius 3 is 2.55 bits per heavy atom. The second-order valence-electron chi connectivity index (χ2n) is 7.53. The molecule has 0 fully saturated rings. The molecule has 1 amide bonds. The molecular weight excluding hydrogens is 421 g/mol. The molecule has 0 atom stereocenters. The topological polar surface area (TPSA) is 34.0 Å². The van der Waals surface area contributed by atoms with Crippen LogP contribution in [0.15, 0.2) is 60.7 Å². The first-order valence-electron chi connectivity index (χ1n) is 9.81. The number of amides is 1. The largest absolute Gasteiger partial charge is 0.416 e. The van der Waals surface area contributed by atoms with E-state index in [-0.39, 0.29) is 12.5 Å². The average molecular weight is 443 g/mol. The molecule has 4 rings (SSSR count). The van der Waals surface area contributed by atoms with E-state index < -0.39 is 11.7 Å². The number of hydrogen-bond acceptors (Lipinski definition) is 2. The molecule has 0 saturated heterocycles. The molecule has 4 aromatic rings. The summed E-state index contributed by atoms with van der Waals surface area (Å²) in [6, 6.07) is 16.9. The van der Waals surface area contributed by atoms with Crippen LogP contribution in [-0.4, -0.2) is 10.5 Å². The van der Waals surface area contributed by atoms with E-state index in [9.17, 15) is 18.0 Å². The Kier molecular flexibility index (Phi) is 5.62. The number of carbonyl (C=O) groups is 1. The van der Waals surface area contributed by atoms with Crippen LogP contribution in [0.2, 0.25) is 0 Å². The Balaban J connectivity index is 1.61. The van der Waals surface area contributed by atoms with Gasteiger partial charge in [0.25, 0.3) is 5.91 Å². The molecule has 0 aliphatic rings. The van der Waals surface area contributed by atoms with Crippen LogP contribution in [0.25, 0.3) is 10.2 Å². The third-order valence-electron chi connectivity index (χ3n) is 5.24. The Hall–Kier alpha value is -3.06. The molecule has 7 heteroatoms. The number of thiophene rings is 1. The number of nitrogens with one attached hydrogen (secondary N) is 1. The van der Waals surface area contributed by atoms with Gasteiger partial charge in [0.15, 0.2) is 0 Å². The van der Waals surface area contributed by atoms with Crippen LogP contribution < -0.4 is 5.32 Å². The molecule has 2 aromatic carbocycles. The number of halogens is 3. The van der Waals surface area contributed by atoms with E-state index in [1.807, 2.05) is 48.7 Å². The maximum atomic E-state index is 13.0. The van der Waals surface area contributed by atoms with Crippen LogP contribution in [0.1, 0.15) is 37.6 Å². The fourth-order valence-electron chi connectivity index (χ4n) is 3.61. The van der Waals surface area contributed by atoms with Gasteiger partial charge in [-0.2, -0.15) is 13.2 Å². The van der Waals surface area contributed by atoms with Gasteiger partial charge in [-0.3, -0.25) is 4.79 Å². The Labute approximate surface area is 182 Å². The second kappa shape index (κ2) is 8.23. The highest BCUT2D eigenvalue weighted by atomic mass is 32.1. The molecule has 31 heavy (non-hydrogen) atoms. The van der Waals surface area contributed by atoms with Crippen molar-refractivity contribution in [1.29, 1.82) is 0 Å². The maximum absolute atomic E-state index is 13.0. The van der Waals surface area contributed by atoms with E-state index in [0.717, 1.165) is 38.4 Å². The molecule has 0 aliphatic heterocycles. The van der Waals surface area contributed by atoms with Gasteiger partial charge in [0.1, 0.15) is 5.69 Å². The van der Waals surface area contributed by atoms with Crippen LogP contribution in [0, 0.1) is 13.8 Å². The zero-order valence-electron chi connectivity index (χ0n) is 17.1. The smallest absolute Gasteiger partial charge is 0.347 e. The van der Waals surface area contributed by atoms with E-state index in [2.05, 4.69) is 11.4 Å². The zero-order valence-corrected chi connectivity index (χ0v) is 17.9. The SMILES string of the molecule is Cc1cc2c(cc(C(=O)NCc3cccc(C(F)(F)F)c3)n2Cc2ccccc2C)s1. The summed E-state index contributed by atoms with van der Waals surface area (Å²) in [5, 5.41) is 2.78. The quantitative estimate of drug-likeness (QED) is 0.386. The maximum Gasteiger partial charge on any atom is 0.416 e. The molecule has 0 aliphatic carbocycles. The minimum absolute atomic E-state index is 0.0188. The van der Waals surface area contributed by atoms with E-state index in [1.54, 1.807) is 17.4 Å². The van der Waals surface area contributed by atoms with Crippen molar-refractivity contribution >= 4 is 27.5 Å². The fraction of sp³-hybridized carbons (Fsp3) is 0.208. The summed E-state index contributed by atoms with van der Waals surface area (Å²) < 4.78 is 41.8. The number of carbonyl (C=O) groups excluding carboxylic acids is 1. The first kappa shape index (κ1) is 21.2. The van der Waals surface area contributed by atoms with Crippen LogP contribution in [0.5, 0.6) is 0 Å². The van der Waals surface area contributed by atoms with E-state index in [1.165, 1.54) is 6.07 Å². The van der Waals surface area contributed by atoms with Crippen LogP contribution in [0.3, 0.4) is 0 Å². The third-order valence-corrected chi connectivity index (χ3v) is 6.23. The molecule has 0 spiro atoms. The summed E-state index contributed by atoms with van der Waals surface area (Å²) in [4.78, 5) is 14.2. The summed E-state index contributed by atoms with van der Waals surface area (Å²) >= 11 is 1.61. The fourth-order valence-corrected chi connectivity index (χ4v) is 4.57. The van der Waals surface area contributed by atoms with Crippen LogP contribution in [-0.2, 0) is 19.3 Å². The van der Waals surface area contributed by atoms with Gasteiger partial charge >= 0.3 is 6.18 Å². The Bertz CT molecular complexity index is 1250. The molecule has 160 valence electrons. The predicted molar refractivity (Wildman–Crippen MR) is 117 cm³/mol. The lowest BCUT2D eigenvalue weighted by molar-refractivity contribution is -0.137. The van der Waals surface area contributed by atoms with Gasteiger partial charge in [-0.25, -0.2) is 0 Å². The van der Waals surface area contributed by atoms with Gasteiger partial charge in [0.2, 0.25) is 0 Å². The predicted octanol–water partition coefficient (Wildman–Crippen LogP) is 6.32. The van der Waals surface area contributed by atoms with E-state index in [0.29, 0.717) is 17.8 Å². The highest BCUT2D eigenvalue weighted by Gasteiger charge is 2.30. The van der Waals surface area contributed by atoms with Gasteiger partial charge in [-0.15, -0.1) is 11.3 Å². The molecule has 0 unspecified atom stereocenters. The van der Waals surface area contributed by atoms with Crippen molar-refractivity contribution in [1.82, 2.24) is 9.88 Å².